The molecule has 0 saturated carbocycles. The fourth-order valence-corrected chi connectivity index (χ4v) is 2.26. The van der Waals surface area contributed by atoms with Crippen molar-refractivity contribution in [1.82, 2.24) is 4.74 Å². The van der Waals surface area contributed by atoms with Gasteiger partial charge in [-0.3, -0.25) is 10.1 Å². The Morgan fingerprint density at radius 1 is 1.33 bits per heavy atom. The summed E-state index contributed by atoms with van der Waals surface area (Å²) >= 11 is 0. The van der Waals surface area contributed by atoms with Crippen molar-refractivity contribution in [2.45, 2.75) is 33.7 Å². The molecule has 0 N–H and O–H groups in total. The van der Waals surface area contributed by atoms with Crippen LogP contribution in [0.15, 0.2) is 33.6 Å². The lowest BCUT2D eigenvalue weighted by molar-refractivity contribution is -0.385. The molecule has 1 aromatic heterocycles. The molecule has 0 aliphatic heterocycles. The van der Waals surface area contributed by atoms with E-state index in [9.17, 15) is 14.9 Å². The maximum atomic E-state index is 12.0. The molecule has 1 aromatic carbocycles. The van der Waals surface area contributed by atoms with Crippen molar-refractivity contribution >= 4 is 5.69 Å². The van der Waals surface area contributed by atoms with Gasteiger partial charge in [0.05, 0.1) is 22.7 Å². The van der Waals surface area contributed by atoms with Crippen LogP contribution in [0.25, 0.3) is 0 Å². The molecule has 0 unspecified atom stereocenters. The number of rotatable bonds is 5. The molecule has 21 heavy (non-hydrogen) atoms. The van der Waals surface area contributed by atoms with Gasteiger partial charge < -0.3 is 4.52 Å². The number of aromatic nitrogens is 1. The lowest BCUT2D eigenvalue weighted by atomic mass is 10.0. The second-order valence-corrected chi connectivity index (χ2v) is 5.46. The van der Waals surface area contributed by atoms with Crippen LogP contribution in [0.3, 0.4) is 0 Å². The maximum Gasteiger partial charge on any atom is 0.361 e. The molecule has 0 amide bonds. The number of hydrogen-bond donors (Lipinski definition) is 0. The summed E-state index contributed by atoms with van der Waals surface area (Å²) in [5.74, 6) is 0.346. The van der Waals surface area contributed by atoms with Gasteiger partial charge in [-0.15, -0.1) is 0 Å². The van der Waals surface area contributed by atoms with Gasteiger partial charge in [-0.1, -0.05) is 32.0 Å². The van der Waals surface area contributed by atoms with Crippen LogP contribution in [0.4, 0.5) is 5.69 Å². The van der Waals surface area contributed by atoms with Crippen LogP contribution in [0.5, 0.6) is 0 Å². The summed E-state index contributed by atoms with van der Waals surface area (Å²) < 4.78 is 6.79. The number of nitro groups is 1. The van der Waals surface area contributed by atoms with Gasteiger partial charge in [-0.2, -0.15) is 0 Å². The summed E-state index contributed by atoms with van der Waals surface area (Å²) in [6.45, 7) is 6.47. The summed E-state index contributed by atoms with van der Waals surface area (Å²) in [5.41, 5.74) is 1.32. The summed E-state index contributed by atoms with van der Waals surface area (Å²) in [4.78, 5) is 22.6. The Labute approximate surface area is 122 Å². The number of nitro benzene ring substituents is 1. The highest BCUT2D eigenvalue weighted by Crippen LogP contribution is 2.21. The highest BCUT2D eigenvalue weighted by atomic mass is 16.6. The monoisotopic (exact) mass is 290 g/mol. The predicted molar refractivity (Wildman–Crippen MR) is 78.4 cm³/mol. The predicted octanol–water partition coefficient (Wildman–Crippen LogP) is 2.90. The second kappa shape index (κ2) is 5.95. The number of para-hydroxylation sites is 1. The van der Waals surface area contributed by atoms with Gasteiger partial charge in [0.2, 0.25) is 0 Å². The Balaban J connectivity index is 2.39. The molecule has 6 heteroatoms. The molecule has 2 aromatic rings. The minimum atomic E-state index is -0.433. The van der Waals surface area contributed by atoms with E-state index in [0.717, 1.165) is 5.69 Å². The SMILES string of the molecule is Cc1c(Cc2ccccc2[N+](=O)[O-])c(=O)on1CC(C)C. The largest absolute Gasteiger partial charge is 0.361 e. The van der Waals surface area contributed by atoms with E-state index in [2.05, 4.69) is 0 Å². The molecule has 0 aliphatic carbocycles. The molecule has 0 radical (unpaired) electrons. The molecule has 1 heterocycles. The molecule has 0 spiro atoms. The van der Waals surface area contributed by atoms with Gasteiger partial charge in [0.25, 0.3) is 5.69 Å². The summed E-state index contributed by atoms with van der Waals surface area (Å²) in [6, 6.07) is 6.44. The number of benzene rings is 1. The molecule has 112 valence electrons. The highest BCUT2D eigenvalue weighted by Gasteiger charge is 2.19. The number of nitrogens with zero attached hydrogens (tertiary/aromatic N) is 2. The Bertz CT molecular complexity index is 713. The quantitative estimate of drug-likeness (QED) is 0.626. The fraction of sp³-hybridized carbons (Fsp3) is 0.400. The van der Waals surface area contributed by atoms with Crippen LogP contribution in [-0.4, -0.2) is 9.66 Å². The summed E-state index contributed by atoms with van der Waals surface area (Å²) in [5, 5.41) is 11.0. The third kappa shape index (κ3) is 3.21. The maximum absolute atomic E-state index is 12.0. The first kappa shape index (κ1) is 15.0. The molecule has 0 fully saturated rings. The second-order valence-electron chi connectivity index (χ2n) is 5.46. The van der Waals surface area contributed by atoms with Gasteiger partial charge in [0.1, 0.15) is 0 Å². The molecular weight excluding hydrogens is 272 g/mol. The van der Waals surface area contributed by atoms with Crippen molar-refractivity contribution in [1.29, 1.82) is 0 Å². The highest BCUT2D eigenvalue weighted by molar-refractivity contribution is 5.43. The van der Waals surface area contributed by atoms with Gasteiger partial charge in [-0.25, -0.2) is 9.53 Å². The van der Waals surface area contributed by atoms with Gasteiger partial charge >= 0.3 is 5.63 Å². The van der Waals surface area contributed by atoms with Crippen LogP contribution >= 0.6 is 0 Å². The first-order valence-corrected chi connectivity index (χ1v) is 6.82. The van der Waals surface area contributed by atoms with E-state index in [-0.39, 0.29) is 12.1 Å². The Hall–Kier alpha value is -2.37. The van der Waals surface area contributed by atoms with E-state index < -0.39 is 10.5 Å². The first-order valence-electron chi connectivity index (χ1n) is 6.82. The van der Waals surface area contributed by atoms with Crippen LogP contribution in [0, 0.1) is 23.0 Å². The molecule has 0 saturated heterocycles. The normalized spacial score (nSPS) is 11.0. The van der Waals surface area contributed by atoms with Crippen LogP contribution in [0.1, 0.15) is 30.7 Å². The van der Waals surface area contributed by atoms with Gasteiger partial charge in [0, 0.05) is 18.1 Å². The summed E-state index contributed by atoms with van der Waals surface area (Å²) in [7, 11) is 0. The lowest BCUT2D eigenvalue weighted by Crippen LogP contribution is -2.06. The van der Waals surface area contributed by atoms with Crippen molar-refractivity contribution < 1.29 is 9.45 Å². The average Bonchev–Trinajstić information content (AvgIpc) is 2.66. The molecule has 2 rings (SSSR count). The molecule has 0 aliphatic rings. The van der Waals surface area contributed by atoms with Crippen LogP contribution in [0.2, 0.25) is 0 Å². The zero-order valence-electron chi connectivity index (χ0n) is 12.3. The number of hydrogen-bond acceptors (Lipinski definition) is 4. The topological polar surface area (TPSA) is 78.3 Å². The first-order chi connectivity index (χ1) is 9.90. The Morgan fingerprint density at radius 2 is 2.00 bits per heavy atom. The van der Waals surface area contributed by atoms with Crippen molar-refractivity contribution in [2.24, 2.45) is 5.92 Å². The van der Waals surface area contributed by atoms with Crippen LogP contribution in [-0.2, 0) is 13.0 Å². The minimum absolute atomic E-state index is 0.0212. The Morgan fingerprint density at radius 3 is 2.62 bits per heavy atom. The van der Waals surface area contributed by atoms with Crippen molar-refractivity contribution in [3.05, 3.63) is 61.6 Å². The smallest absolute Gasteiger partial charge is 0.336 e. The van der Waals surface area contributed by atoms with Gasteiger partial charge in [-0.05, 0) is 12.8 Å². The van der Waals surface area contributed by atoms with E-state index in [0.29, 0.717) is 23.6 Å². The van der Waals surface area contributed by atoms with E-state index in [1.165, 1.54) is 6.07 Å². The lowest BCUT2D eigenvalue weighted by Gasteiger charge is -2.06. The average molecular weight is 290 g/mol. The van der Waals surface area contributed by atoms with Crippen molar-refractivity contribution in [3.8, 4) is 0 Å². The van der Waals surface area contributed by atoms with Gasteiger partial charge in [0.15, 0.2) is 0 Å². The third-order valence-electron chi connectivity index (χ3n) is 3.34. The van der Waals surface area contributed by atoms with E-state index in [4.69, 9.17) is 4.52 Å². The fourth-order valence-electron chi connectivity index (χ4n) is 2.26. The van der Waals surface area contributed by atoms with E-state index in [1.807, 2.05) is 13.8 Å². The zero-order chi connectivity index (χ0) is 15.6. The van der Waals surface area contributed by atoms with Crippen LogP contribution < -0.4 is 5.63 Å². The molecule has 0 atom stereocenters. The Kier molecular flexibility index (Phi) is 4.26. The zero-order valence-corrected chi connectivity index (χ0v) is 12.3. The minimum Gasteiger partial charge on any atom is -0.336 e. The van der Waals surface area contributed by atoms with Crippen molar-refractivity contribution in [3.63, 3.8) is 0 Å². The third-order valence-corrected chi connectivity index (χ3v) is 3.34. The van der Waals surface area contributed by atoms with E-state index >= 15 is 0 Å². The molecular formula is C15H18N2O4. The molecule has 6 nitrogen and oxygen atoms in total. The molecule has 0 bridgehead atoms. The standard InChI is InChI=1S/C15H18N2O4/c1-10(2)9-16-11(3)13(15(18)21-16)8-12-6-4-5-7-14(12)17(19)20/h4-7,10H,8-9H2,1-3H3. The summed E-state index contributed by atoms with van der Waals surface area (Å²) in [6.07, 6.45) is 0.205. The van der Waals surface area contributed by atoms with Crippen molar-refractivity contribution in [2.75, 3.05) is 0 Å². The van der Waals surface area contributed by atoms with E-state index in [1.54, 1.807) is 29.9 Å².